The largest absolute Gasteiger partial charge is 0.396 e. The van der Waals surface area contributed by atoms with Gasteiger partial charge in [0.15, 0.2) is 0 Å². The molecule has 0 amide bonds. The normalized spacial score (nSPS) is 24.1. The molecular weight excluding hydrogens is 274 g/mol. The van der Waals surface area contributed by atoms with Crippen molar-refractivity contribution in [2.45, 2.75) is 44.0 Å². The van der Waals surface area contributed by atoms with Crippen LogP contribution in [0.25, 0.3) is 0 Å². The smallest absolute Gasteiger partial charge is 0.243 e. The van der Waals surface area contributed by atoms with Crippen LogP contribution >= 0.6 is 0 Å². The molecule has 0 aliphatic carbocycles. The van der Waals surface area contributed by atoms with Crippen molar-refractivity contribution in [3.8, 4) is 0 Å². The summed E-state index contributed by atoms with van der Waals surface area (Å²) in [5, 5.41) is 9.32. The number of hydrogen-bond donors (Lipinski definition) is 1. The van der Waals surface area contributed by atoms with Crippen molar-refractivity contribution in [2.75, 3.05) is 13.2 Å². The molecule has 1 aromatic rings. The van der Waals surface area contributed by atoms with Gasteiger partial charge >= 0.3 is 0 Å². The maximum absolute atomic E-state index is 12.7. The second-order valence-corrected chi connectivity index (χ2v) is 7.51. The van der Waals surface area contributed by atoms with Crippen LogP contribution in [0.3, 0.4) is 0 Å². The SMILES string of the molecule is CCC[C@@H]1C[C@@H](CO)CN1S(=O)(=O)c1ccc(C)cc1. The summed E-state index contributed by atoms with van der Waals surface area (Å²) >= 11 is 0. The molecule has 1 aromatic carbocycles. The minimum atomic E-state index is -3.45. The van der Waals surface area contributed by atoms with Gasteiger partial charge in [-0.2, -0.15) is 4.31 Å². The summed E-state index contributed by atoms with van der Waals surface area (Å²) in [4.78, 5) is 0.350. The number of hydrogen-bond acceptors (Lipinski definition) is 3. The van der Waals surface area contributed by atoms with E-state index in [2.05, 4.69) is 6.92 Å². The molecule has 20 heavy (non-hydrogen) atoms. The van der Waals surface area contributed by atoms with Crippen LogP contribution in [0.15, 0.2) is 29.2 Å². The number of aliphatic hydroxyl groups excluding tert-OH is 1. The summed E-state index contributed by atoms with van der Waals surface area (Å²) in [5.41, 5.74) is 1.05. The fraction of sp³-hybridized carbons (Fsp3) is 0.600. The second-order valence-electron chi connectivity index (χ2n) is 5.61. The Morgan fingerprint density at radius 2 is 1.95 bits per heavy atom. The summed E-state index contributed by atoms with van der Waals surface area (Å²) in [6.45, 7) is 4.48. The van der Waals surface area contributed by atoms with E-state index in [-0.39, 0.29) is 18.6 Å². The first-order valence-corrected chi connectivity index (χ1v) is 8.62. The molecule has 1 N–H and O–H groups in total. The van der Waals surface area contributed by atoms with Gasteiger partial charge in [0.25, 0.3) is 0 Å². The van der Waals surface area contributed by atoms with Crippen molar-refractivity contribution in [1.82, 2.24) is 4.31 Å². The first kappa shape index (κ1) is 15.5. The van der Waals surface area contributed by atoms with E-state index in [1.165, 1.54) is 0 Å². The fourth-order valence-corrected chi connectivity index (χ4v) is 4.59. The molecule has 2 atom stereocenters. The third kappa shape index (κ3) is 3.05. The number of benzene rings is 1. The molecule has 0 saturated carbocycles. The summed E-state index contributed by atoms with van der Waals surface area (Å²) in [7, 11) is -3.45. The Morgan fingerprint density at radius 1 is 1.30 bits per heavy atom. The van der Waals surface area contributed by atoms with Crippen LogP contribution in [0.4, 0.5) is 0 Å². The molecule has 0 spiro atoms. The molecule has 5 heteroatoms. The Labute approximate surface area is 121 Å². The van der Waals surface area contributed by atoms with E-state index in [9.17, 15) is 13.5 Å². The minimum absolute atomic E-state index is 0.0171. The Balaban J connectivity index is 2.29. The first-order valence-electron chi connectivity index (χ1n) is 7.18. The third-order valence-corrected chi connectivity index (χ3v) is 5.89. The molecule has 2 rings (SSSR count). The predicted molar refractivity (Wildman–Crippen MR) is 79.0 cm³/mol. The van der Waals surface area contributed by atoms with Crippen molar-refractivity contribution in [1.29, 1.82) is 0 Å². The van der Waals surface area contributed by atoms with Crippen molar-refractivity contribution >= 4 is 10.0 Å². The van der Waals surface area contributed by atoms with E-state index in [1.54, 1.807) is 16.4 Å². The van der Waals surface area contributed by atoms with E-state index >= 15 is 0 Å². The summed E-state index contributed by atoms with van der Waals surface area (Å²) < 4.78 is 27.1. The van der Waals surface area contributed by atoms with Gasteiger partial charge in [0, 0.05) is 19.2 Å². The van der Waals surface area contributed by atoms with E-state index in [4.69, 9.17) is 0 Å². The average Bonchev–Trinajstić information content (AvgIpc) is 2.84. The van der Waals surface area contributed by atoms with Gasteiger partial charge < -0.3 is 5.11 Å². The molecule has 0 unspecified atom stereocenters. The van der Waals surface area contributed by atoms with Gasteiger partial charge in [-0.25, -0.2) is 8.42 Å². The minimum Gasteiger partial charge on any atom is -0.396 e. The zero-order valence-electron chi connectivity index (χ0n) is 12.1. The van der Waals surface area contributed by atoms with Gasteiger partial charge in [-0.1, -0.05) is 31.0 Å². The molecule has 1 aliphatic rings. The molecule has 1 aliphatic heterocycles. The molecule has 0 radical (unpaired) electrons. The zero-order valence-corrected chi connectivity index (χ0v) is 12.9. The number of nitrogens with zero attached hydrogens (tertiary/aromatic N) is 1. The molecule has 1 heterocycles. The molecular formula is C15H23NO3S. The lowest BCUT2D eigenvalue weighted by Gasteiger charge is -2.23. The van der Waals surface area contributed by atoms with Gasteiger partial charge in [-0.3, -0.25) is 0 Å². The maximum atomic E-state index is 12.7. The molecule has 4 nitrogen and oxygen atoms in total. The highest BCUT2D eigenvalue weighted by atomic mass is 32.2. The van der Waals surface area contributed by atoms with Gasteiger partial charge in [-0.05, 0) is 37.8 Å². The van der Waals surface area contributed by atoms with Crippen LogP contribution in [0.1, 0.15) is 31.7 Å². The van der Waals surface area contributed by atoms with Gasteiger partial charge in [0.05, 0.1) is 4.90 Å². The monoisotopic (exact) mass is 297 g/mol. The topological polar surface area (TPSA) is 57.6 Å². The number of aryl methyl sites for hydroxylation is 1. The summed E-state index contributed by atoms with van der Waals surface area (Å²) in [6, 6.07) is 6.99. The highest BCUT2D eigenvalue weighted by molar-refractivity contribution is 7.89. The standard InChI is InChI=1S/C15H23NO3S/c1-3-4-14-9-13(11-17)10-16(14)20(18,19)15-7-5-12(2)6-8-15/h5-8,13-14,17H,3-4,9-11H2,1-2H3/t13-,14-/m1/s1. The van der Waals surface area contributed by atoms with Gasteiger partial charge in [0.2, 0.25) is 10.0 Å². The van der Waals surface area contributed by atoms with Crippen LogP contribution in [0.2, 0.25) is 0 Å². The highest BCUT2D eigenvalue weighted by Gasteiger charge is 2.39. The van der Waals surface area contributed by atoms with Crippen LogP contribution in [0.5, 0.6) is 0 Å². The van der Waals surface area contributed by atoms with E-state index in [0.29, 0.717) is 11.4 Å². The summed E-state index contributed by atoms with van der Waals surface area (Å²) in [6.07, 6.45) is 2.56. The third-order valence-electron chi connectivity index (χ3n) is 3.96. The molecule has 0 bridgehead atoms. The maximum Gasteiger partial charge on any atom is 0.243 e. The van der Waals surface area contributed by atoms with Crippen LogP contribution in [0, 0.1) is 12.8 Å². The zero-order chi connectivity index (χ0) is 14.8. The predicted octanol–water partition coefficient (Wildman–Crippen LogP) is 2.17. The van der Waals surface area contributed by atoms with Crippen molar-refractivity contribution < 1.29 is 13.5 Å². The Hall–Kier alpha value is -0.910. The number of rotatable bonds is 5. The van der Waals surface area contributed by atoms with Crippen LogP contribution in [-0.4, -0.2) is 37.0 Å². The highest BCUT2D eigenvalue weighted by Crippen LogP contribution is 2.31. The van der Waals surface area contributed by atoms with Gasteiger partial charge in [-0.15, -0.1) is 0 Å². The second kappa shape index (κ2) is 6.24. The van der Waals surface area contributed by atoms with E-state index in [0.717, 1.165) is 24.8 Å². The van der Waals surface area contributed by atoms with Crippen LogP contribution < -0.4 is 0 Å². The Bertz CT molecular complexity index is 539. The lowest BCUT2D eigenvalue weighted by atomic mass is 10.0. The van der Waals surface area contributed by atoms with E-state index in [1.807, 2.05) is 19.1 Å². The molecule has 1 fully saturated rings. The molecule has 1 saturated heterocycles. The Morgan fingerprint density at radius 3 is 2.50 bits per heavy atom. The van der Waals surface area contributed by atoms with Crippen molar-refractivity contribution in [3.63, 3.8) is 0 Å². The summed E-state index contributed by atoms with van der Waals surface area (Å²) in [5.74, 6) is 0.0618. The number of aliphatic hydroxyl groups is 1. The fourth-order valence-electron chi connectivity index (χ4n) is 2.85. The van der Waals surface area contributed by atoms with Gasteiger partial charge in [0.1, 0.15) is 0 Å². The van der Waals surface area contributed by atoms with E-state index < -0.39 is 10.0 Å². The van der Waals surface area contributed by atoms with Crippen LogP contribution in [-0.2, 0) is 10.0 Å². The van der Waals surface area contributed by atoms with Crippen molar-refractivity contribution in [3.05, 3.63) is 29.8 Å². The molecule has 112 valence electrons. The quantitative estimate of drug-likeness (QED) is 0.906. The molecule has 0 aromatic heterocycles. The average molecular weight is 297 g/mol. The van der Waals surface area contributed by atoms with Crippen molar-refractivity contribution in [2.24, 2.45) is 5.92 Å². The lowest BCUT2D eigenvalue weighted by Crippen LogP contribution is -2.35. The Kier molecular flexibility index (Phi) is 4.83. The lowest BCUT2D eigenvalue weighted by molar-refractivity contribution is 0.233. The first-order chi connectivity index (χ1) is 9.48. The number of sulfonamides is 1.